The van der Waals surface area contributed by atoms with Gasteiger partial charge in [-0.3, -0.25) is 4.79 Å². The summed E-state index contributed by atoms with van der Waals surface area (Å²) in [5.74, 6) is -0.162. The zero-order valence-corrected chi connectivity index (χ0v) is 14.3. The van der Waals surface area contributed by atoms with E-state index in [0.717, 1.165) is 41.9 Å². The highest BCUT2D eigenvalue weighted by atomic mass is 32.2. The molecule has 1 aliphatic heterocycles. The number of carbonyl (C=O) groups excluding carboxylic acids is 1. The Hall–Kier alpha value is -2.09. The maximum atomic E-state index is 12.8. The normalized spacial score (nSPS) is 14.3. The molecule has 1 aliphatic rings. The lowest BCUT2D eigenvalue weighted by Crippen LogP contribution is -2.36. The van der Waals surface area contributed by atoms with E-state index in [4.69, 9.17) is 0 Å². The van der Waals surface area contributed by atoms with E-state index in [2.05, 4.69) is 9.97 Å². The van der Waals surface area contributed by atoms with Crippen LogP contribution in [-0.2, 0) is 17.4 Å². The van der Waals surface area contributed by atoms with E-state index in [9.17, 15) is 18.0 Å². The van der Waals surface area contributed by atoms with Gasteiger partial charge in [0.15, 0.2) is 5.16 Å². The summed E-state index contributed by atoms with van der Waals surface area (Å²) in [5, 5.41) is -0.0361. The van der Waals surface area contributed by atoms with Gasteiger partial charge in [0, 0.05) is 17.9 Å². The fourth-order valence-corrected chi connectivity index (χ4v) is 3.53. The number of carbonyl (C=O) groups is 1. The highest BCUT2D eigenvalue weighted by Crippen LogP contribution is 2.30. The van der Waals surface area contributed by atoms with Gasteiger partial charge >= 0.3 is 6.18 Å². The molecular formula is C17H16F3N3OS. The van der Waals surface area contributed by atoms with Gasteiger partial charge in [0.05, 0.1) is 5.75 Å². The Balaban J connectivity index is 1.73. The summed E-state index contributed by atoms with van der Waals surface area (Å²) in [6.45, 7) is 2.09. The summed E-state index contributed by atoms with van der Waals surface area (Å²) in [4.78, 5) is 21.7. The van der Waals surface area contributed by atoms with Crippen LogP contribution < -0.4 is 4.90 Å². The Labute approximate surface area is 147 Å². The van der Waals surface area contributed by atoms with Crippen LogP contribution >= 0.6 is 11.8 Å². The van der Waals surface area contributed by atoms with Gasteiger partial charge in [-0.25, -0.2) is 9.97 Å². The van der Waals surface area contributed by atoms with Crippen LogP contribution in [0.2, 0.25) is 0 Å². The maximum Gasteiger partial charge on any atom is 0.433 e. The van der Waals surface area contributed by atoms with Crippen molar-refractivity contribution in [1.29, 1.82) is 0 Å². The number of benzene rings is 1. The number of anilines is 1. The molecule has 0 spiro atoms. The first-order valence-corrected chi connectivity index (χ1v) is 8.77. The van der Waals surface area contributed by atoms with Crippen LogP contribution in [0.25, 0.3) is 0 Å². The summed E-state index contributed by atoms with van der Waals surface area (Å²) in [6, 6.07) is 8.58. The van der Waals surface area contributed by atoms with Gasteiger partial charge in [0.2, 0.25) is 5.91 Å². The molecule has 1 aromatic heterocycles. The van der Waals surface area contributed by atoms with Crippen molar-refractivity contribution < 1.29 is 18.0 Å². The van der Waals surface area contributed by atoms with Gasteiger partial charge in [-0.1, -0.05) is 30.0 Å². The predicted octanol–water partition coefficient (Wildman–Crippen LogP) is 3.88. The molecule has 2 aromatic rings. The van der Waals surface area contributed by atoms with E-state index in [-0.39, 0.29) is 22.5 Å². The Morgan fingerprint density at radius 1 is 1.28 bits per heavy atom. The van der Waals surface area contributed by atoms with Crippen molar-refractivity contribution in [2.45, 2.75) is 31.1 Å². The lowest BCUT2D eigenvalue weighted by molar-refractivity contribution is -0.141. The third-order valence-electron chi connectivity index (χ3n) is 3.86. The molecule has 1 aromatic carbocycles. The molecule has 0 aliphatic carbocycles. The second-order valence-electron chi connectivity index (χ2n) is 5.74. The first-order chi connectivity index (χ1) is 11.8. The summed E-state index contributed by atoms with van der Waals surface area (Å²) >= 11 is 0.928. The molecule has 132 valence electrons. The van der Waals surface area contributed by atoms with Crippen LogP contribution in [0.4, 0.5) is 18.9 Å². The summed E-state index contributed by atoms with van der Waals surface area (Å²) in [5.41, 5.74) is 1.22. The third-order valence-corrected chi connectivity index (χ3v) is 4.69. The summed E-state index contributed by atoms with van der Waals surface area (Å²) < 4.78 is 38.5. The van der Waals surface area contributed by atoms with Gasteiger partial charge in [-0.2, -0.15) is 13.2 Å². The zero-order chi connectivity index (χ0) is 18.0. The van der Waals surface area contributed by atoms with Crippen LogP contribution in [-0.4, -0.2) is 28.2 Å². The van der Waals surface area contributed by atoms with Crippen molar-refractivity contribution in [3.8, 4) is 0 Å². The van der Waals surface area contributed by atoms with Gasteiger partial charge in [-0.15, -0.1) is 0 Å². The first kappa shape index (κ1) is 17.7. The van der Waals surface area contributed by atoms with Crippen molar-refractivity contribution >= 4 is 23.4 Å². The number of hydrogen-bond donors (Lipinski definition) is 0. The average molecular weight is 367 g/mol. The van der Waals surface area contributed by atoms with Crippen LogP contribution in [0.3, 0.4) is 0 Å². The third kappa shape index (κ3) is 4.12. The maximum absolute atomic E-state index is 12.8. The number of nitrogens with zero attached hydrogens (tertiary/aromatic N) is 3. The van der Waals surface area contributed by atoms with E-state index < -0.39 is 11.9 Å². The number of fused-ring (bicyclic) bond motifs is 1. The van der Waals surface area contributed by atoms with Gasteiger partial charge in [0.25, 0.3) is 0 Å². The number of hydrogen-bond acceptors (Lipinski definition) is 4. The van der Waals surface area contributed by atoms with E-state index in [0.29, 0.717) is 6.54 Å². The molecule has 3 rings (SSSR count). The Morgan fingerprint density at radius 2 is 2.04 bits per heavy atom. The molecule has 0 radical (unpaired) electrons. The van der Waals surface area contributed by atoms with Crippen molar-refractivity contribution in [2.75, 3.05) is 17.2 Å². The van der Waals surface area contributed by atoms with Gasteiger partial charge in [0.1, 0.15) is 5.69 Å². The molecule has 0 unspecified atom stereocenters. The summed E-state index contributed by atoms with van der Waals surface area (Å²) in [6.07, 6.45) is -2.74. The second-order valence-corrected chi connectivity index (χ2v) is 6.68. The minimum atomic E-state index is -4.53. The quantitative estimate of drug-likeness (QED) is 0.610. The highest BCUT2D eigenvalue weighted by Gasteiger charge is 2.33. The largest absolute Gasteiger partial charge is 0.433 e. The zero-order valence-electron chi connectivity index (χ0n) is 13.5. The van der Waals surface area contributed by atoms with Crippen molar-refractivity contribution in [1.82, 2.24) is 9.97 Å². The molecule has 0 bridgehead atoms. The topological polar surface area (TPSA) is 46.1 Å². The molecule has 0 fully saturated rings. The fourth-order valence-electron chi connectivity index (χ4n) is 2.75. The molecular weight excluding hydrogens is 351 g/mol. The standard InChI is InChI=1S/C17H16F3N3OS/c1-11-9-14(17(18,19)20)22-16(21-11)25-10-15(24)23-8-4-6-12-5-2-3-7-13(12)23/h2-3,5,7,9H,4,6,8,10H2,1H3. The number of para-hydroxylation sites is 1. The van der Waals surface area contributed by atoms with E-state index in [1.807, 2.05) is 24.3 Å². The lowest BCUT2D eigenvalue weighted by Gasteiger charge is -2.29. The average Bonchev–Trinajstić information content (AvgIpc) is 2.58. The molecule has 0 saturated carbocycles. The van der Waals surface area contributed by atoms with Crippen LogP contribution in [0.15, 0.2) is 35.5 Å². The van der Waals surface area contributed by atoms with Gasteiger partial charge < -0.3 is 4.90 Å². The number of aryl methyl sites for hydroxylation is 2. The van der Waals surface area contributed by atoms with Crippen LogP contribution in [0.5, 0.6) is 0 Å². The number of alkyl halides is 3. The van der Waals surface area contributed by atoms with Crippen molar-refractivity contribution in [2.24, 2.45) is 0 Å². The molecule has 2 heterocycles. The number of aromatic nitrogens is 2. The molecule has 0 N–H and O–H groups in total. The lowest BCUT2D eigenvalue weighted by atomic mass is 10.0. The minimum absolute atomic E-state index is 0.00488. The van der Waals surface area contributed by atoms with E-state index in [1.54, 1.807) is 4.90 Å². The van der Waals surface area contributed by atoms with Crippen molar-refractivity contribution in [3.63, 3.8) is 0 Å². The van der Waals surface area contributed by atoms with Crippen LogP contribution in [0, 0.1) is 6.92 Å². The Morgan fingerprint density at radius 3 is 2.80 bits per heavy atom. The molecule has 0 atom stereocenters. The molecule has 4 nitrogen and oxygen atoms in total. The first-order valence-electron chi connectivity index (χ1n) is 7.78. The number of rotatable bonds is 3. The Kier molecular flexibility index (Phi) is 4.99. The number of amides is 1. The SMILES string of the molecule is Cc1cc(C(F)(F)F)nc(SCC(=O)N2CCCc3ccccc32)n1. The Bertz CT molecular complexity index is 795. The molecule has 0 saturated heterocycles. The van der Waals surface area contributed by atoms with Crippen molar-refractivity contribution in [3.05, 3.63) is 47.3 Å². The highest BCUT2D eigenvalue weighted by molar-refractivity contribution is 7.99. The van der Waals surface area contributed by atoms with E-state index >= 15 is 0 Å². The predicted molar refractivity (Wildman–Crippen MR) is 89.6 cm³/mol. The monoisotopic (exact) mass is 367 g/mol. The fraction of sp³-hybridized carbons (Fsp3) is 0.353. The minimum Gasteiger partial charge on any atom is -0.311 e. The molecule has 25 heavy (non-hydrogen) atoms. The van der Waals surface area contributed by atoms with Gasteiger partial charge in [-0.05, 0) is 37.5 Å². The molecule has 1 amide bonds. The smallest absolute Gasteiger partial charge is 0.311 e. The molecule has 8 heteroatoms. The summed E-state index contributed by atoms with van der Waals surface area (Å²) in [7, 11) is 0. The van der Waals surface area contributed by atoms with Crippen LogP contribution in [0.1, 0.15) is 23.4 Å². The van der Waals surface area contributed by atoms with E-state index in [1.165, 1.54) is 6.92 Å². The number of thioether (sulfide) groups is 1. The number of halogens is 3. The second kappa shape index (κ2) is 7.03.